The number of para-hydroxylation sites is 1. The number of nitrogens with one attached hydrogen (secondary N) is 1. The van der Waals surface area contributed by atoms with E-state index in [4.69, 9.17) is 4.74 Å². The highest BCUT2D eigenvalue weighted by atomic mass is 32.2. The van der Waals surface area contributed by atoms with Crippen LogP contribution in [0, 0.1) is 0 Å². The van der Waals surface area contributed by atoms with E-state index in [9.17, 15) is 0 Å². The SMILES string of the molecule is C=S(C)c1cc2cccc(OC)c2[nH]1. The summed E-state index contributed by atoms with van der Waals surface area (Å²) in [5, 5.41) is 2.35. The van der Waals surface area contributed by atoms with Gasteiger partial charge in [-0.1, -0.05) is 18.0 Å². The van der Waals surface area contributed by atoms with Crippen molar-refractivity contribution < 1.29 is 4.74 Å². The second-order valence-electron chi connectivity index (χ2n) is 3.20. The summed E-state index contributed by atoms with van der Waals surface area (Å²) in [5.41, 5.74) is 1.06. The van der Waals surface area contributed by atoms with Gasteiger partial charge in [-0.2, -0.15) is 0 Å². The summed E-state index contributed by atoms with van der Waals surface area (Å²) in [4.78, 5) is 3.34. The average Bonchev–Trinajstić information content (AvgIpc) is 2.60. The average molecular weight is 207 g/mol. The van der Waals surface area contributed by atoms with Gasteiger partial charge < -0.3 is 9.72 Å². The van der Waals surface area contributed by atoms with Crippen molar-refractivity contribution in [3.63, 3.8) is 0 Å². The normalized spacial score (nSPS) is 13.0. The van der Waals surface area contributed by atoms with Crippen molar-refractivity contribution in [2.45, 2.75) is 5.03 Å². The fourth-order valence-corrected chi connectivity index (χ4v) is 2.06. The van der Waals surface area contributed by atoms with Gasteiger partial charge in [0.25, 0.3) is 0 Å². The van der Waals surface area contributed by atoms with Crippen molar-refractivity contribution in [1.29, 1.82) is 0 Å². The van der Waals surface area contributed by atoms with Crippen LogP contribution in [0.3, 0.4) is 0 Å². The molecule has 0 fully saturated rings. The molecule has 3 heteroatoms. The lowest BCUT2D eigenvalue weighted by Crippen LogP contribution is -1.83. The fraction of sp³-hybridized carbons (Fsp3) is 0.182. The van der Waals surface area contributed by atoms with Crippen LogP contribution in [0.4, 0.5) is 0 Å². The highest BCUT2D eigenvalue weighted by Crippen LogP contribution is 2.30. The Morgan fingerprint density at radius 3 is 2.86 bits per heavy atom. The van der Waals surface area contributed by atoms with E-state index in [1.165, 1.54) is 10.4 Å². The fourth-order valence-electron chi connectivity index (χ4n) is 1.46. The van der Waals surface area contributed by atoms with Crippen molar-refractivity contribution >= 4 is 27.3 Å². The number of hydrogen-bond acceptors (Lipinski definition) is 1. The van der Waals surface area contributed by atoms with Gasteiger partial charge >= 0.3 is 0 Å². The largest absolute Gasteiger partial charge is 0.495 e. The molecule has 0 spiro atoms. The predicted molar refractivity (Wildman–Crippen MR) is 63.8 cm³/mol. The van der Waals surface area contributed by atoms with Crippen molar-refractivity contribution in [2.24, 2.45) is 0 Å². The lowest BCUT2D eigenvalue weighted by atomic mass is 10.2. The Labute approximate surface area is 85.8 Å². The molecule has 1 aromatic heterocycles. The van der Waals surface area contributed by atoms with E-state index in [0.717, 1.165) is 11.3 Å². The maximum atomic E-state index is 5.27. The molecular formula is C11H13NOS. The maximum absolute atomic E-state index is 5.27. The number of ether oxygens (including phenoxy) is 1. The third-order valence-corrected chi connectivity index (χ3v) is 3.16. The molecule has 0 saturated heterocycles. The van der Waals surface area contributed by atoms with Crippen molar-refractivity contribution in [3.8, 4) is 5.75 Å². The van der Waals surface area contributed by atoms with E-state index in [1.54, 1.807) is 7.11 Å². The van der Waals surface area contributed by atoms with Crippen molar-refractivity contribution in [1.82, 2.24) is 4.98 Å². The molecule has 0 saturated carbocycles. The minimum absolute atomic E-state index is 0.0170. The molecule has 74 valence electrons. The quantitative estimate of drug-likeness (QED) is 0.753. The minimum atomic E-state index is 0.0170. The molecule has 1 heterocycles. The molecule has 1 aromatic carbocycles. The summed E-state index contributed by atoms with van der Waals surface area (Å²) in [6.45, 7) is 0. The van der Waals surface area contributed by atoms with Gasteiger partial charge in [0, 0.05) is 5.39 Å². The lowest BCUT2D eigenvalue weighted by molar-refractivity contribution is 0.419. The predicted octanol–water partition coefficient (Wildman–Crippen LogP) is 2.87. The van der Waals surface area contributed by atoms with Gasteiger partial charge in [-0.05, 0) is 18.4 Å². The molecule has 2 rings (SSSR count). The van der Waals surface area contributed by atoms with Crippen LogP contribution in [0.2, 0.25) is 0 Å². The van der Waals surface area contributed by atoms with Gasteiger partial charge in [0.05, 0.1) is 17.7 Å². The highest BCUT2D eigenvalue weighted by Gasteiger charge is 2.04. The number of H-pyrrole nitrogens is 1. The first-order valence-corrected chi connectivity index (χ1v) is 6.14. The van der Waals surface area contributed by atoms with E-state index >= 15 is 0 Å². The summed E-state index contributed by atoms with van der Waals surface area (Å²) < 4.78 is 5.27. The summed E-state index contributed by atoms with van der Waals surface area (Å²) in [5.74, 6) is 4.90. The molecule has 14 heavy (non-hydrogen) atoms. The zero-order valence-corrected chi connectivity index (χ0v) is 9.15. The van der Waals surface area contributed by atoms with Crippen LogP contribution in [-0.4, -0.2) is 24.2 Å². The third kappa shape index (κ3) is 1.44. The molecule has 0 aliphatic carbocycles. The Balaban J connectivity index is 2.70. The molecule has 2 nitrogen and oxygen atoms in total. The minimum Gasteiger partial charge on any atom is -0.495 e. The number of rotatable bonds is 2. The van der Waals surface area contributed by atoms with Gasteiger partial charge in [0.15, 0.2) is 0 Å². The van der Waals surface area contributed by atoms with E-state index in [2.05, 4.69) is 29.2 Å². The standard InChI is InChI=1S/C11H13NOS/c1-13-9-6-4-5-8-7-10(14(2)3)12-11(8)9/h4-7,12H,2H2,1,3H3. The molecule has 0 aliphatic heterocycles. The Hall–Kier alpha value is -1.22. The van der Waals surface area contributed by atoms with E-state index < -0.39 is 0 Å². The van der Waals surface area contributed by atoms with Crippen LogP contribution in [0.25, 0.3) is 10.9 Å². The Morgan fingerprint density at radius 2 is 2.21 bits per heavy atom. The number of aromatic nitrogens is 1. The van der Waals surface area contributed by atoms with Gasteiger partial charge in [0.2, 0.25) is 0 Å². The van der Waals surface area contributed by atoms with Crippen LogP contribution in [0.15, 0.2) is 29.3 Å². The lowest BCUT2D eigenvalue weighted by Gasteiger charge is -2.00. The molecule has 0 radical (unpaired) electrons. The van der Waals surface area contributed by atoms with Crippen LogP contribution in [0.1, 0.15) is 0 Å². The molecule has 1 unspecified atom stereocenters. The first-order valence-electron chi connectivity index (χ1n) is 4.33. The number of methoxy groups -OCH3 is 1. The summed E-state index contributed by atoms with van der Waals surface area (Å²) in [6.07, 6.45) is 2.09. The smallest absolute Gasteiger partial charge is 0.142 e. The second-order valence-corrected chi connectivity index (χ2v) is 4.91. The van der Waals surface area contributed by atoms with Gasteiger partial charge in [0.1, 0.15) is 5.75 Å². The van der Waals surface area contributed by atoms with E-state index in [-0.39, 0.29) is 10.5 Å². The van der Waals surface area contributed by atoms with Gasteiger partial charge in [-0.15, -0.1) is 10.5 Å². The van der Waals surface area contributed by atoms with E-state index in [1.807, 2.05) is 12.1 Å². The molecule has 0 bridgehead atoms. The second kappa shape index (κ2) is 3.50. The monoisotopic (exact) mass is 207 g/mol. The Bertz CT molecular complexity index is 487. The van der Waals surface area contributed by atoms with Gasteiger partial charge in [-0.3, -0.25) is 0 Å². The number of aromatic amines is 1. The molecule has 1 atom stereocenters. The zero-order chi connectivity index (χ0) is 10.1. The summed E-state index contributed by atoms with van der Waals surface area (Å²) >= 11 is 0. The van der Waals surface area contributed by atoms with Crippen molar-refractivity contribution in [3.05, 3.63) is 24.3 Å². The first kappa shape index (κ1) is 9.34. The van der Waals surface area contributed by atoms with Crippen molar-refractivity contribution in [2.75, 3.05) is 13.4 Å². The van der Waals surface area contributed by atoms with Crippen LogP contribution >= 0.6 is 10.5 Å². The number of fused-ring (bicyclic) bond motifs is 1. The van der Waals surface area contributed by atoms with Crippen LogP contribution in [-0.2, 0) is 0 Å². The molecular weight excluding hydrogens is 194 g/mol. The van der Waals surface area contributed by atoms with Gasteiger partial charge in [-0.25, -0.2) is 0 Å². The zero-order valence-electron chi connectivity index (χ0n) is 8.33. The number of benzene rings is 1. The Kier molecular flexibility index (Phi) is 2.33. The number of hydrogen-bond donors (Lipinski definition) is 1. The maximum Gasteiger partial charge on any atom is 0.142 e. The summed E-state index contributed by atoms with van der Waals surface area (Å²) in [6, 6.07) is 8.16. The third-order valence-electron chi connectivity index (χ3n) is 2.19. The summed E-state index contributed by atoms with van der Waals surface area (Å²) in [7, 11) is 1.70. The molecule has 0 aliphatic rings. The molecule has 1 N–H and O–H groups in total. The molecule has 2 aromatic rings. The molecule has 0 amide bonds. The first-order chi connectivity index (χ1) is 6.72. The highest BCUT2D eigenvalue weighted by molar-refractivity contribution is 8.13. The Morgan fingerprint density at radius 1 is 1.43 bits per heavy atom. The topological polar surface area (TPSA) is 25.0 Å². The van der Waals surface area contributed by atoms with Crippen LogP contribution in [0.5, 0.6) is 5.75 Å². The van der Waals surface area contributed by atoms with Crippen LogP contribution < -0.4 is 4.74 Å². The van der Waals surface area contributed by atoms with E-state index in [0.29, 0.717) is 0 Å².